The molecule has 4 nitrogen and oxygen atoms in total. The van der Waals surface area contributed by atoms with Crippen LogP contribution in [-0.4, -0.2) is 23.7 Å². The van der Waals surface area contributed by atoms with Crippen molar-refractivity contribution >= 4 is 5.97 Å². The fourth-order valence-corrected chi connectivity index (χ4v) is 1.35. The molecule has 16 heavy (non-hydrogen) atoms. The Kier molecular flexibility index (Phi) is 4.88. The molecule has 0 radical (unpaired) electrons. The number of aliphatic carboxylic acids is 1. The van der Waals surface area contributed by atoms with Gasteiger partial charge in [0.2, 0.25) is 0 Å². The smallest absolute Gasteiger partial charge is 0.304 e. The minimum atomic E-state index is -0.917. The molecule has 0 saturated heterocycles. The van der Waals surface area contributed by atoms with E-state index in [-0.39, 0.29) is 12.2 Å². The molecular formula is C11H15FN2O2. The molecule has 1 rings (SSSR count). The maximum absolute atomic E-state index is 12.8. The molecule has 0 saturated carbocycles. The van der Waals surface area contributed by atoms with Crippen LogP contribution in [0.4, 0.5) is 4.39 Å². The molecule has 88 valence electrons. The first-order chi connectivity index (χ1) is 7.58. The quantitative estimate of drug-likeness (QED) is 0.668. The van der Waals surface area contributed by atoms with Gasteiger partial charge in [-0.05, 0) is 17.7 Å². The summed E-state index contributed by atoms with van der Waals surface area (Å²) in [6.07, 6.45) is -0.0733. The second-order valence-corrected chi connectivity index (χ2v) is 3.62. The topological polar surface area (TPSA) is 75.3 Å². The van der Waals surface area contributed by atoms with Crippen LogP contribution >= 0.6 is 0 Å². The van der Waals surface area contributed by atoms with Crippen LogP contribution in [0, 0.1) is 5.82 Å². The Morgan fingerprint density at radius 1 is 1.56 bits per heavy atom. The SMILES string of the molecule is NC(CNCc1cccc(F)c1)CC(=O)O. The van der Waals surface area contributed by atoms with Crippen molar-refractivity contribution in [3.05, 3.63) is 35.6 Å². The van der Waals surface area contributed by atoms with E-state index in [1.54, 1.807) is 12.1 Å². The van der Waals surface area contributed by atoms with Gasteiger partial charge in [-0.3, -0.25) is 4.79 Å². The molecule has 0 spiro atoms. The van der Waals surface area contributed by atoms with Crippen molar-refractivity contribution in [3.63, 3.8) is 0 Å². The van der Waals surface area contributed by atoms with Crippen LogP contribution in [0.2, 0.25) is 0 Å². The lowest BCUT2D eigenvalue weighted by molar-refractivity contribution is -0.137. The molecule has 0 amide bonds. The summed E-state index contributed by atoms with van der Waals surface area (Å²) in [6, 6.07) is 5.80. The monoisotopic (exact) mass is 226 g/mol. The molecule has 0 aliphatic carbocycles. The van der Waals surface area contributed by atoms with E-state index in [1.807, 2.05) is 0 Å². The van der Waals surface area contributed by atoms with Crippen LogP contribution in [0.1, 0.15) is 12.0 Å². The molecular weight excluding hydrogens is 211 g/mol. The van der Waals surface area contributed by atoms with E-state index in [1.165, 1.54) is 12.1 Å². The zero-order chi connectivity index (χ0) is 12.0. The van der Waals surface area contributed by atoms with Gasteiger partial charge in [-0.2, -0.15) is 0 Å². The van der Waals surface area contributed by atoms with E-state index in [2.05, 4.69) is 5.32 Å². The number of carboxylic acid groups (broad SMARTS) is 1. The summed E-state index contributed by atoms with van der Waals surface area (Å²) in [6.45, 7) is 0.869. The molecule has 1 atom stereocenters. The van der Waals surface area contributed by atoms with Crippen molar-refractivity contribution in [1.29, 1.82) is 0 Å². The highest BCUT2D eigenvalue weighted by atomic mass is 19.1. The zero-order valence-electron chi connectivity index (χ0n) is 8.82. The van der Waals surface area contributed by atoms with Gasteiger partial charge < -0.3 is 16.2 Å². The van der Waals surface area contributed by atoms with Gasteiger partial charge in [-0.25, -0.2) is 4.39 Å². The van der Waals surface area contributed by atoms with Crippen molar-refractivity contribution in [2.45, 2.75) is 19.0 Å². The zero-order valence-corrected chi connectivity index (χ0v) is 8.82. The van der Waals surface area contributed by atoms with E-state index in [9.17, 15) is 9.18 Å². The van der Waals surface area contributed by atoms with E-state index in [0.29, 0.717) is 13.1 Å². The second-order valence-electron chi connectivity index (χ2n) is 3.62. The average Bonchev–Trinajstić information content (AvgIpc) is 2.16. The number of rotatable bonds is 6. The van der Waals surface area contributed by atoms with Crippen molar-refractivity contribution in [3.8, 4) is 0 Å². The number of hydrogen-bond donors (Lipinski definition) is 3. The third kappa shape index (κ3) is 4.86. The number of carboxylic acids is 1. The molecule has 0 fully saturated rings. The summed E-state index contributed by atoms with van der Waals surface area (Å²) in [5, 5.41) is 11.5. The number of carbonyl (C=O) groups is 1. The third-order valence-electron chi connectivity index (χ3n) is 2.06. The Morgan fingerprint density at radius 2 is 2.31 bits per heavy atom. The number of halogens is 1. The van der Waals surface area contributed by atoms with Crippen molar-refractivity contribution in [2.24, 2.45) is 5.73 Å². The predicted octanol–water partition coefficient (Wildman–Crippen LogP) is 0.717. The summed E-state index contributed by atoms with van der Waals surface area (Å²) in [5.41, 5.74) is 6.36. The third-order valence-corrected chi connectivity index (χ3v) is 2.06. The highest BCUT2D eigenvalue weighted by Crippen LogP contribution is 2.02. The summed E-state index contributed by atoms with van der Waals surface area (Å²) in [4.78, 5) is 10.3. The molecule has 1 aromatic carbocycles. The molecule has 4 N–H and O–H groups in total. The Labute approximate surface area is 93.3 Å². The lowest BCUT2D eigenvalue weighted by Crippen LogP contribution is -2.35. The lowest BCUT2D eigenvalue weighted by Gasteiger charge is -2.10. The molecule has 1 aromatic rings. The molecule has 1 unspecified atom stereocenters. The van der Waals surface area contributed by atoms with Gasteiger partial charge in [0.15, 0.2) is 0 Å². The summed E-state index contributed by atoms with van der Waals surface area (Å²) in [7, 11) is 0. The molecule has 0 aromatic heterocycles. The molecule has 5 heteroatoms. The maximum Gasteiger partial charge on any atom is 0.304 e. The lowest BCUT2D eigenvalue weighted by atomic mass is 10.2. The number of hydrogen-bond acceptors (Lipinski definition) is 3. The highest BCUT2D eigenvalue weighted by Gasteiger charge is 2.06. The van der Waals surface area contributed by atoms with E-state index in [0.717, 1.165) is 5.56 Å². The molecule has 0 bridgehead atoms. The first-order valence-electron chi connectivity index (χ1n) is 5.00. The first-order valence-corrected chi connectivity index (χ1v) is 5.00. The van der Waals surface area contributed by atoms with Crippen LogP contribution in [0.3, 0.4) is 0 Å². The maximum atomic E-state index is 12.8. The van der Waals surface area contributed by atoms with Crippen molar-refractivity contribution in [2.75, 3.05) is 6.54 Å². The van der Waals surface area contributed by atoms with E-state index >= 15 is 0 Å². The van der Waals surface area contributed by atoms with Crippen LogP contribution in [-0.2, 0) is 11.3 Å². The number of nitrogens with two attached hydrogens (primary N) is 1. The summed E-state index contributed by atoms with van der Waals surface area (Å²) >= 11 is 0. The first kappa shape index (κ1) is 12.6. The van der Waals surface area contributed by atoms with Crippen LogP contribution in [0.5, 0.6) is 0 Å². The van der Waals surface area contributed by atoms with Gasteiger partial charge in [-0.15, -0.1) is 0 Å². The Morgan fingerprint density at radius 3 is 2.94 bits per heavy atom. The van der Waals surface area contributed by atoms with Crippen LogP contribution < -0.4 is 11.1 Å². The standard InChI is InChI=1S/C11H15FN2O2/c12-9-3-1-2-8(4-9)6-14-7-10(13)5-11(15)16/h1-4,10,14H,5-7,13H2,(H,15,16). The predicted molar refractivity (Wildman–Crippen MR) is 58.3 cm³/mol. The van der Waals surface area contributed by atoms with Gasteiger partial charge in [-0.1, -0.05) is 12.1 Å². The van der Waals surface area contributed by atoms with Gasteiger partial charge in [0, 0.05) is 19.1 Å². The van der Waals surface area contributed by atoms with Crippen LogP contribution in [0.25, 0.3) is 0 Å². The fourth-order valence-electron chi connectivity index (χ4n) is 1.35. The Balaban J connectivity index is 2.27. The molecule has 0 aliphatic rings. The Hall–Kier alpha value is -1.46. The fraction of sp³-hybridized carbons (Fsp3) is 0.364. The van der Waals surface area contributed by atoms with Crippen LogP contribution in [0.15, 0.2) is 24.3 Å². The van der Waals surface area contributed by atoms with E-state index < -0.39 is 12.0 Å². The van der Waals surface area contributed by atoms with Gasteiger partial charge in [0.1, 0.15) is 5.82 Å². The van der Waals surface area contributed by atoms with Gasteiger partial charge in [0.05, 0.1) is 6.42 Å². The van der Waals surface area contributed by atoms with Gasteiger partial charge >= 0.3 is 5.97 Å². The summed E-state index contributed by atoms with van der Waals surface area (Å²) < 4.78 is 12.8. The highest BCUT2D eigenvalue weighted by molar-refractivity contribution is 5.67. The minimum Gasteiger partial charge on any atom is -0.481 e. The van der Waals surface area contributed by atoms with E-state index in [4.69, 9.17) is 10.8 Å². The minimum absolute atomic E-state index is 0.0733. The Bertz CT molecular complexity index is 358. The van der Waals surface area contributed by atoms with Crippen molar-refractivity contribution < 1.29 is 14.3 Å². The largest absolute Gasteiger partial charge is 0.481 e. The average molecular weight is 226 g/mol. The second kappa shape index (κ2) is 6.19. The van der Waals surface area contributed by atoms with Gasteiger partial charge in [0.25, 0.3) is 0 Å². The van der Waals surface area contributed by atoms with Crippen molar-refractivity contribution in [1.82, 2.24) is 5.32 Å². The normalized spacial score (nSPS) is 12.4. The number of nitrogens with one attached hydrogen (secondary N) is 1. The molecule has 0 aliphatic heterocycles. The molecule has 0 heterocycles. The summed E-state index contributed by atoms with van der Waals surface area (Å²) in [5.74, 6) is -1.20. The number of benzene rings is 1.